The lowest BCUT2D eigenvalue weighted by molar-refractivity contribution is -0.122. The summed E-state index contributed by atoms with van der Waals surface area (Å²) < 4.78 is 0. The van der Waals surface area contributed by atoms with Gasteiger partial charge in [0.15, 0.2) is 0 Å². The van der Waals surface area contributed by atoms with E-state index in [9.17, 15) is 9.59 Å². The number of carbonyl (C=O) groups excluding carboxylic acids is 2. The molecule has 1 rings (SSSR count). The molecule has 0 radical (unpaired) electrons. The standard InChI is InChI=1S/C13H16O2/c1-2-13(15)9-12(10-14)8-11-6-4-3-5-7-11/h3-7,10,12H,2,8-9H2,1H3. The van der Waals surface area contributed by atoms with Gasteiger partial charge in [0.25, 0.3) is 0 Å². The Balaban J connectivity index is 2.54. The van der Waals surface area contributed by atoms with Crippen molar-refractivity contribution in [2.24, 2.45) is 5.92 Å². The van der Waals surface area contributed by atoms with Gasteiger partial charge in [-0.1, -0.05) is 37.3 Å². The highest BCUT2D eigenvalue weighted by Crippen LogP contribution is 2.11. The molecule has 1 aromatic carbocycles. The lowest BCUT2D eigenvalue weighted by atomic mass is 9.95. The number of hydrogen-bond acceptors (Lipinski definition) is 2. The minimum absolute atomic E-state index is 0.156. The van der Waals surface area contributed by atoms with Crippen molar-refractivity contribution in [1.82, 2.24) is 0 Å². The monoisotopic (exact) mass is 204 g/mol. The second kappa shape index (κ2) is 6.12. The van der Waals surface area contributed by atoms with Crippen molar-refractivity contribution in [2.45, 2.75) is 26.2 Å². The Labute approximate surface area is 90.3 Å². The third-order valence-corrected chi connectivity index (χ3v) is 2.42. The summed E-state index contributed by atoms with van der Waals surface area (Å²) in [6, 6.07) is 9.79. The van der Waals surface area contributed by atoms with Crippen LogP contribution in [0.4, 0.5) is 0 Å². The van der Waals surface area contributed by atoms with E-state index in [1.165, 1.54) is 0 Å². The quantitative estimate of drug-likeness (QED) is 0.667. The van der Waals surface area contributed by atoms with Crippen LogP contribution < -0.4 is 0 Å². The van der Waals surface area contributed by atoms with E-state index < -0.39 is 0 Å². The molecule has 0 aliphatic carbocycles. The molecule has 0 heterocycles. The minimum Gasteiger partial charge on any atom is -0.303 e. The molecule has 0 N–H and O–H groups in total. The van der Waals surface area contributed by atoms with Crippen LogP contribution in [0.5, 0.6) is 0 Å². The number of ketones is 1. The highest BCUT2D eigenvalue weighted by Gasteiger charge is 2.12. The Bertz CT molecular complexity index is 317. The fourth-order valence-electron chi connectivity index (χ4n) is 1.52. The van der Waals surface area contributed by atoms with Gasteiger partial charge in [-0.3, -0.25) is 4.79 Å². The van der Waals surface area contributed by atoms with Crippen LogP contribution in [0.2, 0.25) is 0 Å². The van der Waals surface area contributed by atoms with Gasteiger partial charge in [0.05, 0.1) is 0 Å². The van der Waals surface area contributed by atoms with E-state index in [1.807, 2.05) is 37.3 Å². The maximum absolute atomic E-state index is 11.2. The Kier molecular flexibility index (Phi) is 4.75. The lowest BCUT2D eigenvalue weighted by Crippen LogP contribution is -2.11. The Hall–Kier alpha value is -1.44. The summed E-state index contributed by atoms with van der Waals surface area (Å²) in [5.41, 5.74) is 1.11. The molecule has 2 nitrogen and oxygen atoms in total. The molecule has 0 aliphatic rings. The SMILES string of the molecule is CCC(=O)CC(C=O)Cc1ccccc1. The summed E-state index contributed by atoms with van der Waals surface area (Å²) in [7, 11) is 0. The minimum atomic E-state index is -0.167. The van der Waals surface area contributed by atoms with Crippen LogP contribution in [0.3, 0.4) is 0 Å². The van der Waals surface area contributed by atoms with Crippen LogP contribution in [-0.4, -0.2) is 12.1 Å². The molecular formula is C13H16O2. The second-order valence-corrected chi connectivity index (χ2v) is 3.68. The first-order chi connectivity index (χ1) is 7.26. The van der Waals surface area contributed by atoms with E-state index in [1.54, 1.807) is 0 Å². The van der Waals surface area contributed by atoms with Crippen LogP contribution in [0, 0.1) is 5.92 Å². The van der Waals surface area contributed by atoms with Crippen molar-refractivity contribution in [1.29, 1.82) is 0 Å². The van der Waals surface area contributed by atoms with Crippen LogP contribution >= 0.6 is 0 Å². The van der Waals surface area contributed by atoms with Crippen molar-refractivity contribution in [2.75, 3.05) is 0 Å². The van der Waals surface area contributed by atoms with Gasteiger partial charge in [-0.05, 0) is 12.0 Å². The second-order valence-electron chi connectivity index (χ2n) is 3.68. The molecule has 0 bridgehead atoms. The van der Waals surface area contributed by atoms with Crippen LogP contribution in [0.15, 0.2) is 30.3 Å². The summed E-state index contributed by atoms with van der Waals surface area (Å²) >= 11 is 0. The number of carbonyl (C=O) groups is 2. The third kappa shape index (κ3) is 4.07. The average molecular weight is 204 g/mol. The molecule has 1 unspecified atom stereocenters. The van der Waals surface area contributed by atoms with E-state index in [2.05, 4.69) is 0 Å². The predicted octanol–water partition coefficient (Wildman–Crippen LogP) is 2.41. The number of aldehydes is 1. The van der Waals surface area contributed by atoms with Gasteiger partial charge in [0.1, 0.15) is 12.1 Å². The highest BCUT2D eigenvalue weighted by atomic mass is 16.1. The first-order valence-corrected chi connectivity index (χ1v) is 5.27. The fourth-order valence-corrected chi connectivity index (χ4v) is 1.52. The van der Waals surface area contributed by atoms with Crippen molar-refractivity contribution in [3.8, 4) is 0 Å². The molecule has 1 atom stereocenters. The molecule has 2 heteroatoms. The normalized spacial score (nSPS) is 12.1. The summed E-state index contributed by atoms with van der Waals surface area (Å²) in [6.07, 6.45) is 2.44. The molecule has 15 heavy (non-hydrogen) atoms. The van der Waals surface area contributed by atoms with E-state index in [4.69, 9.17) is 0 Å². The third-order valence-electron chi connectivity index (χ3n) is 2.42. The van der Waals surface area contributed by atoms with E-state index in [0.29, 0.717) is 19.3 Å². The lowest BCUT2D eigenvalue weighted by Gasteiger charge is -2.08. The van der Waals surface area contributed by atoms with Gasteiger partial charge in [-0.2, -0.15) is 0 Å². The molecule has 0 spiro atoms. The summed E-state index contributed by atoms with van der Waals surface area (Å²) in [6.45, 7) is 1.83. The summed E-state index contributed by atoms with van der Waals surface area (Å²) in [5.74, 6) is -0.0112. The van der Waals surface area contributed by atoms with Gasteiger partial charge in [0, 0.05) is 18.8 Å². The predicted molar refractivity (Wildman–Crippen MR) is 59.6 cm³/mol. The Morgan fingerprint density at radius 3 is 2.53 bits per heavy atom. The number of Topliss-reactive ketones (excluding diaryl/α,β-unsaturated/α-hetero) is 1. The molecule has 0 aliphatic heterocycles. The first-order valence-electron chi connectivity index (χ1n) is 5.27. The molecule has 0 amide bonds. The highest BCUT2D eigenvalue weighted by molar-refractivity contribution is 5.80. The smallest absolute Gasteiger partial charge is 0.133 e. The molecule has 1 aromatic rings. The van der Waals surface area contributed by atoms with E-state index >= 15 is 0 Å². The number of benzene rings is 1. The molecular weight excluding hydrogens is 188 g/mol. The first kappa shape index (κ1) is 11.6. The van der Waals surface area contributed by atoms with Crippen LogP contribution in [0.1, 0.15) is 25.3 Å². The molecule has 0 fully saturated rings. The van der Waals surface area contributed by atoms with Crippen molar-refractivity contribution in [3.05, 3.63) is 35.9 Å². The Morgan fingerprint density at radius 2 is 2.00 bits per heavy atom. The molecule has 0 saturated heterocycles. The van der Waals surface area contributed by atoms with Crippen molar-refractivity contribution in [3.63, 3.8) is 0 Å². The molecule has 0 saturated carbocycles. The van der Waals surface area contributed by atoms with E-state index in [-0.39, 0.29) is 11.7 Å². The van der Waals surface area contributed by atoms with Crippen LogP contribution in [-0.2, 0) is 16.0 Å². The number of hydrogen-bond donors (Lipinski definition) is 0. The summed E-state index contributed by atoms with van der Waals surface area (Å²) in [5, 5.41) is 0. The van der Waals surface area contributed by atoms with Gasteiger partial charge in [-0.15, -0.1) is 0 Å². The van der Waals surface area contributed by atoms with Gasteiger partial charge in [-0.25, -0.2) is 0 Å². The zero-order chi connectivity index (χ0) is 11.1. The Morgan fingerprint density at radius 1 is 1.33 bits per heavy atom. The van der Waals surface area contributed by atoms with Crippen molar-refractivity contribution < 1.29 is 9.59 Å². The molecule has 0 aromatic heterocycles. The largest absolute Gasteiger partial charge is 0.303 e. The topological polar surface area (TPSA) is 34.1 Å². The van der Waals surface area contributed by atoms with Gasteiger partial charge >= 0.3 is 0 Å². The zero-order valence-corrected chi connectivity index (χ0v) is 8.98. The zero-order valence-electron chi connectivity index (χ0n) is 8.98. The van der Waals surface area contributed by atoms with Crippen molar-refractivity contribution >= 4 is 12.1 Å². The number of rotatable bonds is 6. The van der Waals surface area contributed by atoms with Gasteiger partial charge in [0.2, 0.25) is 0 Å². The molecule has 80 valence electrons. The van der Waals surface area contributed by atoms with Gasteiger partial charge < -0.3 is 4.79 Å². The maximum Gasteiger partial charge on any atom is 0.133 e. The van der Waals surface area contributed by atoms with E-state index in [0.717, 1.165) is 11.8 Å². The fraction of sp³-hybridized carbons (Fsp3) is 0.385. The summed E-state index contributed by atoms with van der Waals surface area (Å²) in [4.78, 5) is 22.0. The average Bonchev–Trinajstić information content (AvgIpc) is 2.29. The van der Waals surface area contributed by atoms with Crippen LogP contribution in [0.25, 0.3) is 0 Å². The maximum atomic E-state index is 11.2.